The Morgan fingerprint density at radius 1 is 1.45 bits per heavy atom. The van der Waals surface area contributed by atoms with Crippen molar-refractivity contribution in [3.8, 4) is 0 Å². The van der Waals surface area contributed by atoms with E-state index in [9.17, 15) is 0 Å². The molecule has 0 radical (unpaired) electrons. The second-order valence-electron chi connectivity index (χ2n) is 2.59. The normalized spacial score (nSPS) is 17.3. The smallest absolute Gasteiger partial charge is 0.145 e. The first-order valence-electron chi connectivity index (χ1n) is 3.89. The zero-order chi connectivity index (χ0) is 7.52. The number of rotatable bonds is 1. The zero-order valence-corrected chi connectivity index (χ0v) is 6.30. The van der Waals surface area contributed by atoms with Crippen LogP contribution in [0.25, 0.3) is 0 Å². The Balaban J connectivity index is 2.22. The number of hydrogen-bond donors (Lipinski definition) is 2. The van der Waals surface area contributed by atoms with Gasteiger partial charge in [-0.15, -0.1) is 0 Å². The van der Waals surface area contributed by atoms with Crippen molar-refractivity contribution in [2.45, 2.75) is 6.42 Å². The van der Waals surface area contributed by atoms with Crippen molar-refractivity contribution < 1.29 is 0 Å². The predicted octanol–water partition coefficient (Wildman–Crippen LogP) is 0.755. The zero-order valence-electron chi connectivity index (χ0n) is 6.30. The SMILES string of the molecule is c1c[nH]c(C2=NCCCN2)c1. The first kappa shape index (κ1) is 6.46. The molecule has 0 spiro atoms. The Kier molecular flexibility index (Phi) is 1.63. The Morgan fingerprint density at radius 2 is 2.45 bits per heavy atom. The first-order valence-corrected chi connectivity index (χ1v) is 3.89. The second kappa shape index (κ2) is 2.78. The van der Waals surface area contributed by atoms with Crippen LogP contribution in [0, 0.1) is 0 Å². The van der Waals surface area contributed by atoms with Gasteiger partial charge in [0, 0.05) is 19.3 Å². The molecule has 0 aliphatic carbocycles. The number of hydrogen-bond acceptors (Lipinski definition) is 2. The van der Waals surface area contributed by atoms with Gasteiger partial charge in [0.25, 0.3) is 0 Å². The number of nitrogens with zero attached hydrogens (tertiary/aromatic N) is 1. The van der Waals surface area contributed by atoms with E-state index in [1.165, 1.54) is 0 Å². The van der Waals surface area contributed by atoms with Crippen LogP contribution >= 0.6 is 0 Å². The number of H-pyrrole nitrogens is 1. The van der Waals surface area contributed by atoms with Gasteiger partial charge in [-0.2, -0.15) is 0 Å². The average Bonchev–Trinajstić information content (AvgIpc) is 2.58. The first-order chi connectivity index (χ1) is 5.47. The molecule has 0 fully saturated rings. The highest BCUT2D eigenvalue weighted by Gasteiger charge is 2.05. The highest BCUT2D eigenvalue weighted by atomic mass is 15.0. The van der Waals surface area contributed by atoms with E-state index >= 15 is 0 Å². The molecule has 58 valence electrons. The fourth-order valence-electron chi connectivity index (χ4n) is 1.19. The van der Waals surface area contributed by atoms with E-state index < -0.39 is 0 Å². The molecule has 0 atom stereocenters. The molecule has 1 aromatic heterocycles. The van der Waals surface area contributed by atoms with Crippen molar-refractivity contribution in [1.29, 1.82) is 0 Å². The Labute approximate surface area is 65.5 Å². The lowest BCUT2D eigenvalue weighted by molar-refractivity contribution is 0.741. The van der Waals surface area contributed by atoms with E-state index in [0.717, 1.165) is 31.0 Å². The highest BCUT2D eigenvalue weighted by molar-refractivity contribution is 5.97. The number of aromatic amines is 1. The van der Waals surface area contributed by atoms with Crippen molar-refractivity contribution in [2.24, 2.45) is 4.99 Å². The summed E-state index contributed by atoms with van der Waals surface area (Å²) in [6, 6.07) is 4.01. The van der Waals surface area contributed by atoms with Gasteiger partial charge in [-0.3, -0.25) is 4.99 Å². The van der Waals surface area contributed by atoms with E-state index in [4.69, 9.17) is 0 Å². The van der Waals surface area contributed by atoms with Gasteiger partial charge < -0.3 is 10.3 Å². The second-order valence-corrected chi connectivity index (χ2v) is 2.59. The molecular weight excluding hydrogens is 138 g/mol. The maximum absolute atomic E-state index is 4.35. The number of amidine groups is 1. The molecule has 2 rings (SSSR count). The average molecular weight is 149 g/mol. The summed E-state index contributed by atoms with van der Waals surface area (Å²) in [5, 5.41) is 3.24. The van der Waals surface area contributed by atoms with Gasteiger partial charge in [-0.05, 0) is 18.6 Å². The lowest BCUT2D eigenvalue weighted by Crippen LogP contribution is -2.30. The van der Waals surface area contributed by atoms with Gasteiger partial charge in [0.05, 0.1) is 5.69 Å². The van der Waals surface area contributed by atoms with Crippen LogP contribution in [0.15, 0.2) is 23.3 Å². The molecule has 0 saturated carbocycles. The molecule has 0 saturated heterocycles. The van der Waals surface area contributed by atoms with Gasteiger partial charge in [-0.1, -0.05) is 0 Å². The Hall–Kier alpha value is -1.25. The summed E-state index contributed by atoms with van der Waals surface area (Å²) in [6.07, 6.45) is 3.05. The molecule has 2 heterocycles. The molecule has 2 N–H and O–H groups in total. The van der Waals surface area contributed by atoms with Crippen LogP contribution in [0.5, 0.6) is 0 Å². The van der Waals surface area contributed by atoms with Crippen LogP contribution in [0.4, 0.5) is 0 Å². The monoisotopic (exact) mass is 149 g/mol. The Morgan fingerprint density at radius 3 is 3.09 bits per heavy atom. The minimum absolute atomic E-state index is 0.946. The third-order valence-electron chi connectivity index (χ3n) is 1.75. The lowest BCUT2D eigenvalue weighted by Gasteiger charge is -2.12. The summed E-state index contributed by atoms with van der Waals surface area (Å²) in [6.45, 7) is 1.99. The summed E-state index contributed by atoms with van der Waals surface area (Å²) in [7, 11) is 0. The van der Waals surface area contributed by atoms with E-state index in [1.54, 1.807) is 0 Å². The van der Waals surface area contributed by atoms with E-state index in [2.05, 4.69) is 15.3 Å². The summed E-state index contributed by atoms with van der Waals surface area (Å²) >= 11 is 0. The summed E-state index contributed by atoms with van der Waals surface area (Å²) < 4.78 is 0. The van der Waals surface area contributed by atoms with Gasteiger partial charge in [0.1, 0.15) is 5.84 Å². The predicted molar refractivity (Wildman–Crippen MR) is 44.8 cm³/mol. The summed E-state index contributed by atoms with van der Waals surface area (Å²) in [5.41, 5.74) is 1.09. The van der Waals surface area contributed by atoms with Crippen LogP contribution in [-0.2, 0) is 0 Å². The van der Waals surface area contributed by atoms with Gasteiger partial charge >= 0.3 is 0 Å². The molecule has 3 nitrogen and oxygen atoms in total. The minimum atomic E-state index is 0.946. The van der Waals surface area contributed by atoms with E-state index in [0.29, 0.717) is 0 Å². The van der Waals surface area contributed by atoms with Crippen molar-refractivity contribution >= 4 is 5.84 Å². The largest absolute Gasteiger partial charge is 0.369 e. The van der Waals surface area contributed by atoms with Gasteiger partial charge in [-0.25, -0.2) is 0 Å². The molecule has 11 heavy (non-hydrogen) atoms. The summed E-state index contributed by atoms with van der Waals surface area (Å²) in [5.74, 6) is 1.00. The number of nitrogens with one attached hydrogen (secondary N) is 2. The van der Waals surface area contributed by atoms with Crippen LogP contribution in [0.3, 0.4) is 0 Å². The van der Waals surface area contributed by atoms with Gasteiger partial charge in [0.2, 0.25) is 0 Å². The maximum Gasteiger partial charge on any atom is 0.145 e. The molecule has 0 amide bonds. The third-order valence-corrected chi connectivity index (χ3v) is 1.75. The molecule has 1 aliphatic heterocycles. The van der Waals surface area contributed by atoms with E-state index in [-0.39, 0.29) is 0 Å². The van der Waals surface area contributed by atoms with Crippen LogP contribution in [0.2, 0.25) is 0 Å². The highest BCUT2D eigenvalue weighted by Crippen LogP contribution is 1.99. The van der Waals surface area contributed by atoms with Gasteiger partial charge in [0.15, 0.2) is 0 Å². The topological polar surface area (TPSA) is 40.2 Å². The van der Waals surface area contributed by atoms with Crippen molar-refractivity contribution in [2.75, 3.05) is 13.1 Å². The molecule has 0 bridgehead atoms. The quantitative estimate of drug-likeness (QED) is 0.608. The minimum Gasteiger partial charge on any atom is -0.369 e. The third kappa shape index (κ3) is 1.27. The van der Waals surface area contributed by atoms with Crippen LogP contribution in [-0.4, -0.2) is 23.9 Å². The fourth-order valence-corrected chi connectivity index (χ4v) is 1.19. The van der Waals surface area contributed by atoms with E-state index in [1.807, 2.05) is 18.3 Å². The van der Waals surface area contributed by atoms with Crippen LogP contribution in [0.1, 0.15) is 12.1 Å². The summed E-state index contributed by atoms with van der Waals surface area (Å²) in [4.78, 5) is 7.46. The number of aromatic nitrogens is 1. The maximum atomic E-state index is 4.35. The Bertz CT molecular complexity index is 248. The molecule has 0 unspecified atom stereocenters. The molecule has 1 aliphatic rings. The van der Waals surface area contributed by atoms with Crippen LogP contribution < -0.4 is 5.32 Å². The van der Waals surface area contributed by atoms with Crippen molar-refractivity contribution in [3.63, 3.8) is 0 Å². The molecule has 1 aromatic rings. The molecule has 0 aromatic carbocycles. The molecule has 3 heteroatoms. The van der Waals surface area contributed by atoms with Crippen molar-refractivity contribution in [1.82, 2.24) is 10.3 Å². The lowest BCUT2D eigenvalue weighted by atomic mass is 10.3. The molecular formula is C8H11N3. The standard InChI is InChI=1S/C8H11N3/c1-3-7(9-4-1)8-10-5-2-6-11-8/h1,3-4,9H,2,5-6H2,(H,10,11). The fraction of sp³-hybridized carbons (Fsp3) is 0.375. The van der Waals surface area contributed by atoms with Crippen molar-refractivity contribution in [3.05, 3.63) is 24.0 Å². The number of aliphatic imine (C=N–C) groups is 1.